The molecule has 1 saturated heterocycles. The fraction of sp³-hybridized carbons (Fsp3) is 0.0455. The predicted octanol–water partition coefficient (Wildman–Crippen LogP) is 3.64. The molecule has 1 heterocycles. The zero-order valence-corrected chi connectivity index (χ0v) is 14.7. The molecule has 0 radical (unpaired) electrons. The molecule has 1 aliphatic rings. The summed E-state index contributed by atoms with van der Waals surface area (Å²) in [6, 6.07) is 17.9. The highest BCUT2D eigenvalue weighted by Crippen LogP contribution is 2.23. The van der Waals surface area contributed by atoms with Gasteiger partial charge >= 0.3 is 6.03 Å². The quantitative estimate of drug-likeness (QED) is 0.562. The Labute approximate surface area is 160 Å². The second-order valence-electron chi connectivity index (χ2n) is 6.40. The number of halogens is 1. The summed E-state index contributed by atoms with van der Waals surface area (Å²) in [5, 5.41) is 4.06. The molecule has 4 amide bonds. The van der Waals surface area contributed by atoms with Crippen LogP contribution in [-0.4, -0.2) is 22.7 Å². The number of benzene rings is 3. The van der Waals surface area contributed by atoms with Gasteiger partial charge < -0.3 is 0 Å². The number of rotatable bonds is 3. The topological polar surface area (TPSA) is 66.5 Å². The van der Waals surface area contributed by atoms with Crippen LogP contribution in [0.1, 0.15) is 11.1 Å². The third-order valence-electron chi connectivity index (χ3n) is 4.56. The van der Waals surface area contributed by atoms with E-state index in [9.17, 15) is 18.8 Å². The van der Waals surface area contributed by atoms with Crippen molar-refractivity contribution in [3.05, 3.63) is 89.2 Å². The van der Waals surface area contributed by atoms with Gasteiger partial charge in [0.05, 0.1) is 6.54 Å². The minimum absolute atomic E-state index is 0.0644. The number of barbiturate groups is 1. The van der Waals surface area contributed by atoms with Crippen LogP contribution in [0.4, 0.5) is 9.18 Å². The highest BCUT2D eigenvalue weighted by Gasteiger charge is 2.35. The number of nitrogens with one attached hydrogen (secondary N) is 1. The zero-order chi connectivity index (χ0) is 19.7. The minimum Gasteiger partial charge on any atom is -0.273 e. The number of imide groups is 2. The minimum atomic E-state index is -0.797. The number of nitrogens with zero attached hydrogens (tertiary/aromatic N) is 1. The number of hydrogen-bond donors (Lipinski definition) is 1. The molecule has 4 rings (SSSR count). The van der Waals surface area contributed by atoms with Crippen LogP contribution in [-0.2, 0) is 16.1 Å². The third-order valence-corrected chi connectivity index (χ3v) is 4.56. The first-order chi connectivity index (χ1) is 13.5. The molecule has 28 heavy (non-hydrogen) atoms. The SMILES string of the molecule is O=C1NC(=O)N(Cc2ccc(F)cc2)C(=O)C1=Cc1cccc2ccccc12. The van der Waals surface area contributed by atoms with E-state index in [0.29, 0.717) is 11.1 Å². The Morgan fingerprint density at radius 1 is 0.893 bits per heavy atom. The van der Waals surface area contributed by atoms with Gasteiger partial charge in [0.2, 0.25) is 0 Å². The van der Waals surface area contributed by atoms with E-state index in [1.807, 2.05) is 36.4 Å². The maximum atomic E-state index is 13.1. The smallest absolute Gasteiger partial charge is 0.273 e. The molecule has 1 N–H and O–H groups in total. The van der Waals surface area contributed by atoms with Crippen molar-refractivity contribution in [2.45, 2.75) is 6.54 Å². The Bertz CT molecular complexity index is 1130. The van der Waals surface area contributed by atoms with Crippen LogP contribution in [0.2, 0.25) is 0 Å². The van der Waals surface area contributed by atoms with Crippen LogP contribution in [0.3, 0.4) is 0 Å². The summed E-state index contributed by atoms with van der Waals surface area (Å²) in [5.74, 6) is -1.84. The average Bonchev–Trinajstić information content (AvgIpc) is 2.70. The van der Waals surface area contributed by atoms with Gasteiger partial charge in [0, 0.05) is 0 Å². The Kier molecular flexibility index (Phi) is 4.45. The lowest BCUT2D eigenvalue weighted by molar-refractivity contribution is -0.130. The molecule has 0 unspecified atom stereocenters. The van der Waals surface area contributed by atoms with Crippen molar-refractivity contribution in [1.29, 1.82) is 0 Å². The lowest BCUT2D eigenvalue weighted by Crippen LogP contribution is -2.53. The lowest BCUT2D eigenvalue weighted by Gasteiger charge is -2.26. The van der Waals surface area contributed by atoms with Gasteiger partial charge in [-0.25, -0.2) is 9.18 Å². The maximum Gasteiger partial charge on any atom is 0.331 e. The van der Waals surface area contributed by atoms with E-state index < -0.39 is 23.7 Å². The van der Waals surface area contributed by atoms with E-state index in [1.165, 1.54) is 30.3 Å². The van der Waals surface area contributed by atoms with Crippen molar-refractivity contribution in [3.63, 3.8) is 0 Å². The summed E-state index contributed by atoms with van der Waals surface area (Å²) >= 11 is 0. The normalized spacial score (nSPS) is 16.0. The number of carbonyl (C=O) groups excluding carboxylic acids is 3. The molecule has 1 aliphatic heterocycles. The standard InChI is InChI=1S/C22H15FN2O3/c23-17-10-8-14(9-11-17)13-25-21(27)19(20(26)24-22(25)28)12-16-6-3-5-15-4-1-2-7-18(15)16/h1-12H,13H2,(H,24,26,28). The Hall–Kier alpha value is -3.80. The van der Waals surface area contributed by atoms with Crippen molar-refractivity contribution >= 4 is 34.7 Å². The van der Waals surface area contributed by atoms with Crippen LogP contribution >= 0.6 is 0 Å². The summed E-state index contributed by atoms with van der Waals surface area (Å²) < 4.78 is 13.1. The highest BCUT2D eigenvalue weighted by molar-refractivity contribution is 6.31. The molecule has 0 aliphatic carbocycles. The first-order valence-electron chi connectivity index (χ1n) is 8.64. The van der Waals surface area contributed by atoms with Gasteiger partial charge in [-0.05, 0) is 40.1 Å². The molecular formula is C22H15FN2O3. The monoisotopic (exact) mass is 374 g/mol. The molecule has 3 aromatic rings. The van der Waals surface area contributed by atoms with Crippen LogP contribution in [0, 0.1) is 5.82 Å². The summed E-state index contributed by atoms with van der Waals surface area (Å²) in [6.45, 7) is -0.0644. The highest BCUT2D eigenvalue weighted by atomic mass is 19.1. The largest absolute Gasteiger partial charge is 0.331 e. The summed E-state index contributed by atoms with van der Waals surface area (Å²) in [6.07, 6.45) is 1.49. The van der Waals surface area contributed by atoms with E-state index in [0.717, 1.165) is 15.7 Å². The van der Waals surface area contributed by atoms with Crippen LogP contribution in [0.25, 0.3) is 16.8 Å². The van der Waals surface area contributed by atoms with Gasteiger partial charge in [0.25, 0.3) is 11.8 Å². The molecule has 0 aromatic heterocycles. The maximum absolute atomic E-state index is 13.1. The molecule has 0 atom stereocenters. The molecule has 5 nitrogen and oxygen atoms in total. The van der Waals surface area contributed by atoms with Crippen LogP contribution in [0.5, 0.6) is 0 Å². The van der Waals surface area contributed by atoms with Crippen molar-refractivity contribution in [1.82, 2.24) is 10.2 Å². The zero-order valence-electron chi connectivity index (χ0n) is 14.7. The van der Waals surface area contributed by atoms with E-state index in [2.05, 4.69) is 5.32 Å². The second-order valence-corrected chi connectivity index (χ2v) is 6.40. The third kappa shape index (κ3) is 3.27. The number of amides is 4. The van der Waals surface area contributed by atoms with Gasteiger partial charge in [-0.1, -0.05) is 54.6 Å². The summed E-state index contributed by atoms with van der Waals surface area (Å²) in [5.41, 5.74) is 1.15. The molecular weight excluding hydrogens is 359 g/mol. The molecule has 6 heteroatoms. The molecule has 0 saturated carbocycles. The first-order valence-corrected chi connectivity index (χ1v) is 8.64. The van der Waals surface area contributed by atoms with Crippen molar-refractivity contribution in [3.8, 4) is 0 Å². The average molecular weight is 374 g/mol. The van der Waals surface area contributed by atoms with Crippen LogP contribution < -0.4 is 5.32 Å². The second kappa shape index (κ2) is 7.08. The van der Waals surface area contributed by atoms with E-state index in [1.54, 1.807) is 6.07 Å². The van der Waals surface area contributed by atoms with Crippen molar-refractivity contribution in [2.75, 3.05) is 0 Å². The van der Waals surface area contributed by atoms with Gasteiger partial charge in [-0.2, -0.15) is 0 Å². The number of urea groups is 1. The van der Waals surface area contributed by atoms with Gasteiger partial charge in [0.15, 0.2) is 0 Å². The Morgan fingerprint density at radius 3 is 2.39 bits per heavy atom. The van der Waals surface area contributed by atoms with Gasteiger partial charge in [-0.3, -0.25) is 19.8 Å². The summed E-state index contributed by atoms with van der Waals surface area (Å²) in [7, 11) is 0. The number of hydrogen-bond acceptors (Lipinski definition) is 3. The van der Waals surface area contributed by atoms with E-state index in [-0.39, 0.29) is 12.1 Å². The molecule has 138 valence electrons. The molecule has 3 aromatic carbocycles. The van der Waals surface area contributed by atoms with E-state index >= 15 is 0 Å². The Balaban J connectivity index is 1.71. The van der Waals surface area contributed by atoms with Gasteiger partial charge in [0.1, 0.15) is 11.4 Å². The predicted molar refractivity (Wildman–Crippen MR) is 102 cm³/mol. The number of carbonyl (C=O) groups is 3. The lowest BCUT2D eigenvalue weighted by atomic mass is 10.0. The molecule has 0 bridgehead atoms. The first kappa shape index (κ1) is 17.6. The molecule has 1 fully saturated rings. The van der Waals surface area contributed by atoms with Crippen molar-refractivity contribution in [2.24, 2.45) is 0 Å². The molecule has 0 spiro atoms. The van der Waals surface area contributed by atoms with Crippen LogP contribution in [0.15, 0.2) is 72.3 Å². The van der Waals surface area contributed by atoms with E-state index in [4.69, 9.17) is 0 Å². The summed E-state index contributed by atoms with van der Waals surface area (Å²) in [4.78, 5) is 38.3. The fourth-order valence-corrected chi connectivity index (χ4v) is 3.14. The van der Waals surface area contributed by atoms with Gasteiger partial charge in [-0.15, -0.1) is 0 Å². The Morgan fingerprint density at radius 2 is 1.61 bits per heavy atom. The number of fused-ring (bicyclic) bond motifs is 1. The fourth-order valence-electron chi connectivity index (χ4n) is 3.14. The van der Waals surface area contributed by atoms with Crippen molar-refractivity contribution < 1.29 is 18.8 Å².